The number of ether oxygens (including phenoxy) is 1. The van der Waals surface area contributed by atoms with Gasteiger partial charge in [-0.1, -0.05) is 6.07 Å². The number of amides is 1. The number of hydrogen-bond donors (Lipinski definition) is 2. The van der Waals surface area contributed by atoms with Gasteiger partial charge < -0.3 is 15.2 Å². The van der Waals surface area contributed by atoms with Crippen LogP contribution in [0.4, 0.5) is 5.69 Å². The molecule has 96 valence electrons. The second-order valence-electron chi connectivity index (χ2n) is 4.39. The molecule has 18 heavy (non-hydrogen) atoms. The van der Waals surface area contributed by atoms with Crippen LogP contribution in [0.2, 0.25) is 0 Å². The molecule has 1 amide bonds. The minimum Gasteiger partial charge on any atom is -0.490 e. The second kappa shape index (κ2) is 5.08. The van der Waals surface area contributed by atoms with Crippen LogP contribution < -0.4 is 10.1 Å². The fourth-order valence-corrected chi connectivity index (χ4v) is 1.94. The van der Waals surface area contributed by atoms with E-state index in [0.29, 0.717) is 12.2 Å². The fourth-order valence-electron chi connectivity index (χ4n) is 1.94. The Kier molecular flexibility index (Phi) is 3.50. The van der Waals surface area contributed by atoms with Gasteiger partial charge in [-0.2, -0.15) is 0 Å². The number of carboxylic acids is 1. The van der Waals surface area contributed by atoms with Gasteiger partial charge in [0.25, 0.3) is 0 Å². The number of fused-ring (bicyclic) bond motifs is 1. The quantitative estimate of drug-likeness (QED) is 0.853. The zero-order valence-corrected chi connectivity index (χ0v) is 10.1. The molecular formula is C13H15NO4. The second-order valence-corrected chi connectivity index (χ2v) is 4.39. The number of benzene rings is 1. The maximum Gasteiger partial charge on any atom is 0.307 e. The third kappa shape index (κ3) is 3.00. The number of aryl methyl sites for hydroxylation is 1. The van der Waals surface area contributed by atoms with Gasteiger partial charge in [0.05, 0.1) is 6.42 Å². The fraction of sp³-hybridized carbons (Fsp3) is 0.385. The van der Waals surface area contributed by atoms with Crippen molar-refractivity contribution in [1.82, 2.24) is 0 Å². The number of rotatable bonds is 4. The van der Waals surface area contributed by atoms with Crippen molar-refractivity contribution < 1.29 is 19.4 Å². The molecular weight excluding hydrogens is 234 g/mol. The van der Waals surface area contributed by atoms with Gasteiger partial charge in [-0.05, 0) is 25.0 Å². The van der Waals surface area contributed by atoms with Crippen LogP contribution in [0.25, 0.3) is 0 Å². The van der Waals surface area contributed by atoms with E-state index in [2.05, 4.69) is 5.32 Å². The van der Waals surface area contributed by atoms with Crippen LogP contribution >= 0.6 is 0 Å². The smallest absolute Gasteiger partial charge is 0.307 e. The first kappa shape index (κ1) is 12.4. The van der Waals surface area contributed by atoms with Crippen LogP contribution in [0.1, 0.15) is 25.3 Å². The summed E-state index contributed by atoms with van der Waals surface area (Å²) in [5, 5.41) is 11.4. The number of carboxylic acid groups (broad SMARTS) is 1. The summed E-state index contributed by atoms with van der Waals surface area (Å²) in [5.74, 6) is -0.323. The highest BCUT2D eigenvalue weighted by atomic mass is 16.5. The largest absolute Gasteiger partial charge is 0.490 e. The highest BCUT2D eigenvalue weighted by Gasteiger charge is 2.16. The molecule has 1 aromatic carbocycles. The molecule has 1 aromatic rings. The molecule has 0 spiro atoms. The SMILES string of the molecule is C[C@@H](CC(=O)O)Oc1ccc2c(c1)NC(=O)CC2. The summed E-state index contributed by atoms with van der Waals surface area (Å²) in [7, 11) is 0. The van der Waals surface area contributed by atoms with Crippen LogP contribution in [0, 0.1) is 0 Å². The summed E-state index contributed by atoms with van der Waals surface area (Å²) in [6, 6.07) is 5.44. The first-order chi connectivity index (χ1) is 8.54. The summed E-state index contributed by atoms with van der Waals surface area (Å²) in [5.41, 5.74) is 1.83. The van der Waals surface area contributed by atoms with Gasteiger partial charge in [0.15, 0.2) is 0 Å². The van der Waals surface area contributed by atoms with Crippen LogP contribution in [-0.2, 0) is 16.0 Å². The predicted molar refractivity (Wildman–Crippen MR) is 65.7 cm³/mol. The molecule has 0 radical (unpaired) electrons. The minimum absolute atomic E-state index is 0.00163. The first-order valence-electron chi connectivity index (χ1n) is 5.86. The van der Waals surface area contributed by atoms with Crippen LogP contribution in [0.3, 0.4) is 0 Å². The van der Waals surface area contributed by atoms with Gasteiger partial charge in [-0.25, -0.2) is 0 Å². The topological polar surface area (TPSA) is 75.6 Å². The normalized spacial score (nSPS) is 15.5. The lowest BCUT2D eigenvalue weighted by Gasteiger charge is -2.19. The number of hydrogen-bond acceptors (Lipinski definition) is 3. The number of aliphatic carboxylic acids is 1. The Bertz CT molecular complexity index is 484. The molecule has 0 bridgehead atoms. The van der Waals surface area contributed by atoms with Crippen molar-refractivity contribution in [2.45, 2.75) is 32.3 Å². The van der Waals surface area contributed by atoms with Gasteiger partial charge in [0.1, 0.15) is 11.9 Å². The van der Waals surface area contributed by atoms with Crippen molar-refractivity contribution in [3.05, 3.63) is 23.8 Å². The molecule has 5 heteroatoms. The Morgan fingerprint density at radius 2 is 2.28 bits per heavy atom. The van der Waals surface area contributed by atoms with Crippen molar-refractivity contribution >= 4 is 17.6 Å². The van der Waals surface area contributed by atoms with Gasteiger partial charge in [0.2, 0.25) is 5.91 Å². The Balaban J connectivity index is 2.08. The van der Waals surface area contributed by atoms with Crippen LogP contribution in [0.5, 0.6) is 5.75 Å². The van der Waals surface area contributed by atoms with Crippen molar-refractivity contribution in [3.8, 4) is 5.75 Å². The predicted octanol–water partition coefficient (Wildman–Crippen LogP) is 1.81. The molecule has 1 atom stereocenters. The highest BCUT2D eigenvalue weighted by molar-refractivity contribution is 5.94. The summed E-state index contributed by atoms with van der Waals surface area (Å²) >= 11 is 0. The lowest BCUT2D eigenvalue weighted by molar-refractivity contribution is -0.138. The lowest BCUT2D eigenvalue weighted by Crippen LogP contribution is -2.20. The number of carbonyl (C=O) groups excluding carboxylic acids is 1. The molecule has 0 fully saturated rings. The Morgan fingerprint density at radius 3 is 3.00 bits per heavy atom. The van der Waals surface area contributed by atoms with Crippen molar-refractivity contribution in [1.29, 1.82) is 0 Å². The lowest BCUT2D eigenvalue weighted by atomic mass is 10.0. The van der Waals surface area contributed by atoms with E-state index in [1.54, 1.807) is 19.1 Å². The third-order valence-electron chi connectivity index (χ3n) is 2.78. The first-order valence-corrected chi connectivity index (χ1v) is 5.86. The van der Waals surface area contributed by atoms with E-state index in [1.807, 2.05) is 6.07 Å². The standard InChI is InChI=1S/C13H15NO4/c1-8(6-13(16)17)18-10-4-2-9-3-5-12(15)14-11(9)7-10/h2,4,7-8H,3,5-6H2,1H3,(H,14,15)(H,16,17)/t8-/m0/s1. The van der Waals surface area contributed by atoms with Crippen molar-refractivity contribution in [2.24, 2.45) is 0 Å². The van der Waals surface area contributed by atoms with E-state index in [4.69, 9.17) is 9.84 Å². The molecule has 2 rings (SSSR count). The zero-order valence-electron chi connectivity index (χ0n) is 10.1. The summed E-state index contributed by atoms with van der Waals surface area (Å²) in [6.45, 7) is 1.70. The maximum absolute atomic E-state index is 11.3. The molecule has 0 aliphatic carbocycles. The van der Waals surface area contributed by atoms with Crippen LogP contribution in [0.15, 0.2) is 18.2 Å². The summed E-state index contributed by atoms with van der Waals surface area (Å²) in [4.78, 5) is 21.8. The molecule has 0 saturated heterocycles. The Morgan fingerprint density at radius 1 is 1.50 bits per heavy atom. The molecule has 0 saturated carbocycles. The number of carbonyl (C=O) groups is 2. The van der Waals surface area contributed by atoms with E-state index in [-0.39, 0.29) is 12.3 Å². The Hall–Kier alpha value is -2.04. The number of anilines is 1. The van der Waals surface area contributed by atoms with E-state index in [9.17, 15) is 9.59 Å². The van der Waals surface area contributed by atoms with E-state index in [0.717, 1.165) is 17.7 Å². The average Bonchev–Trinajstić information content (AvgIpc) is 2.27. The molecule has 1 aliphatic heterocycles. The van der Waals surface area contributed by atoms with Crippen molar-refractivity contribution in [3.63, 3.8) is 0 Å². The summed E-state index contributed by atoms with van der Waals surface area (Å²) < 4.78 is 5.49. The third-order valence-corrected chi connectivity index (χ3v) is 2.78. The Labute approximate surface area is 105 Å². The van der Waals surface area contributed by atoms with E-state index >= 15 is 0 Å². The number of nitrogens with one attached hydrogen (secondary N) is 1. The van der Waals surface area contributed by atoms with Crippen LogP contribution in [-0.4, -0.2) is 23.1 Å². The minimum atomic E-state index is -0.895. The van der Waals surface area contributed by atoms with E-state index in [1.165, 1.54) is 0 Å². The van der Waals surface area contributed by atoms with Gasteiger partial charge in [-0.3, -0.25) is 9.59 Å². The van der Waals surface area contributed by atoms with Crippen molar-refractivity contribution in [2.75, 3.05) is 5.32 Å². The van der Waals surface area contributed by atoms with Gasteiger partial charge in [0, 0.05) is 18.2 Å². The molecule has 0 unspecified atom stereocenters. The van der Waals surface area contributed by atoms with Gasteiger partial charge in [-0.15, -0.1) is 0 Å². The summed E-state index contributed by atoms with van der Waals surface area (Å²) in [6.07, 6.45) is 0.776. The molecule has 2 N–H and O–H groups in total. The highest BCUT2D eigenvalue weighted by Crippen LogP contribution is 2.27. The van der Waals surface area contributed by atoms with E-state index < -0.39 is 12.1 Å². The molecule has 5 nitrogen and oxygen atoms in total. The maximum atomic E-state index is 11.3. The zero-order chi connectivity index (χ0) is 13.1. The van der Waals surface area contributed by atoms with Gasteiger partial charge >= 0.3 is 5.97 Å². The average molecular weight is 249 g/mol. The molecule has 1 heterocycles. The molecule has 1 aliphatic rings. The monoisotopic (exact) mass is 249 g/mol. The molecule has 0 aromatic heterocycles.